The van der Waals surface area contributed by atoms with Gasteiger partial charge < -0.3 is 4.98 Å². The number of aromatic nitrogens is 1. The molecule has 0 aliphatic carbocycles. The number of para-hydroxylation sites is 1. The molecule has 0 aliphatic rings. The summed E-state index contributed by atoms with van der Waals surface area (Å²) in [5.41, 5.74) is 6.10. The van der Waals surface area contributed by atoms with E-state index in [9.17, 15) is 4.79 Å². The molecule has 3 aromatic rings. The Morgan fingerprint density at radius 3 is 2.52 bits per heavy atom. The Morgan fingerprint density at radius 2 is 1.78 bits per heavy atom. The molecule has 116 valence electrons. The van der Waals surface area contributed by atoms with E-state index in [-0.39, 0.29) is 11.8 Å². The molecular formula is C19H19N3O. The highest BCUT2D eigenvalue weighted by Crippen LogP contribution is 2.28. The number of hydrogen-bond acceptors (Lipinski definition) is 2. The van der Waals surface area contributed by atoms with Gasteiger partial charge in [0.05, 0.1) is 6.21 Å². The summed E-state index contributed by atoms with van der Waals surface area (Å²) in [6.45, 7) is 4.17. The number of carbonyl (C=O) groups is 1. The van der Waals surface area contributed by atoms with Gasteiger partial charge in [0, 0.05) is 10.9 Å². The number of nitrogens with zero attached hydrogens (tertiary/aromatic N) is 1. The van der Waals surface area contributed by atoms with Gasteiger partial charge in [0.25, 0.3) is 5.91 Å². The standard InChI is InChI=1S/C19H19N3O/c1-13(2)17-15-10-6-7-11-16(15)21-18(17)19(23)22-20-12-14-8-4-3-5-9-14/h3-13,21H,1-2H3,(H,22,23). The largest absolute Gasteiger partial charge is 0.350 e. The Bertz CT molecular complexity index is 847. The van der Waals surface area contributed by atoms with Crippen molar-refractivity contribution in [2.24, 2.45) is 5.10 Å². The third-order valence-corrected chi connectivity index (χ3v) is 3.73. The molecule has 0 saturated carbocycles. The zero-order valence-electron chi connectivity index (χ0n) is 13.2. The van der Waals surface area contributed by atoms with Crippen molar-refractivity contribution in [3.8, 4) is 0 Å². The molecule has 0 saturated heterocycles. The molecule has 4 heteroatoms. The first-order valence-electron chi connectivity index (χ1n) is 7.66. The highest BCUT2D eigenvalue weighted by molar-refractivity contribution is 6.01. The van der Waals surface area contributed by atoms with Gasteiger partial charge in [0.1, 0.15) is 5.69 Å². The van der Waals surface area contributed by atoms with Crippen LogP contribution in [0.5, 0.6) is 0 Å². The number of fused-ring (bicyclic) bond motifs is 1. The summed E-state index contributed by atoms with van der Waals surface area (Å²) < 4.78 is 0. The summed E-state index contributed by atoms with van der Waals surface area (Å²) in [7, 11) is 0. The van der Waals surface area contributed by atoms with Crippen molar-refractivity contribution in [2.75, 3.05) is 0 Å². The summed E-state index contributed by atoms with van der Waals surface area (Å²) >= 11 is 0. The van der Waals surface area contributed by atoms with Crippen LogP contribution >= 0.6 is 0 Å². The van der Waals surface area contributed by atoms with E-state index in [1.54, 1.807) is 6.21 Å². The van der Waals surface area contributed by atoms with E-state index in [0.717, 1.165) is 22.0 Å². The van der Waals surface area contributed by atoms with Gasteiger partial charge in [0.15, 0.2) is 0 Å². The summed E-state index contributed by atoms with van der Waals surface area (Å²) in [4.78, 5) is 15.7. The normalized spacial score (nSPS) is 11.4. The van der Waals surface area contributed by atoms with Crippen LogP contribution in [0.1, 0.15) is 41.4 Å². The summed E-state index contributed by atoms with van der Waals surface area (Å²) in [6.07, 6.45) is 1.63. The van der Waals surface area contributed by atoms with Crippen molar-refractivity contribution in [1.82, 2.24) is 10.4 Å². The lowest BCUT2D eigenvalue weighted by molar-refractivity contribution is 0.0949. The van der Waals surface area contributed by atoms with Crippen LogP contribution in [0.3, 0.4) is 0 Å². The molecule has 0 radical (unpaired) electrons. The second-order valence-corrected chi connectivity index (χ2v) is 5.72. The van der Waals surface area contributed by atoms with Crippen LogP contribution in [0.2, 0.25) is 0 Å². The van der Waals surface area contributed by atoms with E-state index in [4.69, 9.17) is 0 Å². The second kappa shape index (κ2) is 6.48. The average Bonchev–Trinajstić information content (AvgIpc) is 2.95. The first-order chi connectivity index (χ1) is 11.2. The first kappa shape index (κ1) is 15.0. The van der Waals surface area contributed by atoms with Crippen LogP contribution in [0, 0.1) is 0 Å². The topological polar surface area (TPSA) is 57.2 Å². The monoisotopic (exact) mass is 305 g/mol. The molecule has 3 rings (SSSR count). The predicted molar refractivity (Wildman–Crippen MR) is 93.9 cm³/mol. The van der Waals surface area contributed by atoms with Crippen LogP contribution in [0.25, 0.3) is 10.9 Å². The fraction of sp³-hybridized carbons (Fsp3) is 0.158. The molecule has 1 heterocycles. The lowest BCUT2D eigenvalue weighted by Gasteiger charge is -2.07. The maximum absolute atomic E-state index is 12.5. The molecule has 2 aromatic carbocycles. The van der Waals surface area contributed by atoms with Crippen LogP contribution < -0.4 is 5.43 Å². The molecular weight excluding hydrogens is 286 g/mol. The minimum absolute atomic E-state index is 0.225. The highest BCUT2D eigenvalue weighted by atomic mass is 16.2. The maximum Gasteiger partial charge on any atom is 0.288 e. The Balaban J connectivity index is 1.86. The van der Waals surface area contributed by atoms with Gasteiger partial charge in [-0.1, -0.05) is 62.4 Å². The molecule has 0 aliphatic heterocycles. The number of hydrazone groups is 1. The smallest absolute Gasteiger partial charge is 0.288 e. The van der Waals surface area contributed by atoms with Gasteiger partial charge in [-0.2, -0.15) is 5.10 Å². The minimum atomic E-state index is -0.225. The Kier molecular flexibility index (Phi) is 4.24. The van der Waals surface area contributed by atoms with Crippen LogP contribution in [0.15, 0.2) is 59.7 Å². The number of H-pyrrole nitrogens is 1. The second-order valence-electron chi connectivity index (χ2n) is 5.72. The van der Waals surface area contributed by atoms with Gasteiger partial charge in [-0.15, -0.1) is 0 Å². The van der Waals surface area contributed by atoms with Gasteiger partial charge in [-0.05, 0) is 23.1 Å². The molecule has 1 amide bonds. The lowest BCUT2D eigenvalue weighted by atomic mass is 9.99. The van der Waals surface area contributed by atoms with E-state index in [1.807, 2.05) is 54.6 Å². The number of benzene rings is 2. The van der Waals surface area contributed by atoms with Crippen LogP contribution in [-0.4, -0.2) is 17.1 Å². The Hall–Kier alpha value is -2.88. The lowest BCUT2D eigenvalue weighted by Crippen LogP contribution is -2.19. The molecule has 0 spiro atoms. The van der Waals surface area contributed by atoms with Gasteiger partial charge >= 0.3 is 0 Å². The zero-order valence-corrected chi connectivity index (χ0v) is 13.2. The molecule has 4 nitrogen and oxygen atoms in total. The van der Waals surface area contributed by atoms with E-state index in [1.165, 1.54) is 0 Å². The summed E-state index contributed by atoms with van der Waals surface area (Å²) in [5.74, 6) is 0.0158. The quantitative estimate of drug-likeness (QED) is 0.554. The number of nitrogens with one attached hydrogen (secondary N) is 2. The molecule has 0 bridgehead atoms. The number of rotatable bonds is 4. The average molecular weight is 305 g/mol. The highest BCUT2D eigenvalue weighted by Gasteiger charge is 2.19. The van der Waals surface area contributed by atoms with Crippen molar-refractivity contribution in [3.05, 3.63) is 71.4 Å². The van der Waals surface area contributed by atoms with Gasteiger partial charge in [-0.3, -0.25) is 4.79 Å². The molecule has 0 atom stereocenters. The number of amides is 1. The van der Waals surface area contributed by atoms with E-state index < -0.39 is 0 Å². The predicted octanol–water partition coefficient (Wildman–Crippen LogP) is 4.06. The van der Waals surface area contributed by atoms with Crippen molar-refractivity contribution >= 4 is 23.0 Å². The van der Waals surface area contributed by atoms with Gasteiger partial charge in [-0.25, -0.2) is 5.43 Å². The van der Waals surface area contributed by atoms with Crippen molar-refractivity contribution < 1.29 is 4.79 Å². The molecule has 0 unspecified atom stereocenters. The minimum Gasteiger partial charge on any atom is -0.350 e. The molecule has 23 heavy (non-hydrogen) atoms. The fourth-order valence-corrected chi connectivity index (χ4v) is 2.70. The number of carbonyl (C=O) groups excluding carboxylic acids is 1. The maximum atomic E-state index is 12.5. The molecule has 1 aromatic heterocycles. The van der Waals surface area contributed by atoms with Crippen molar-refractivity contribution in [2.45, 2.75) is 19.8 Å². The summed E-state index contributed by atoms with van der Waals surface area (Å²) in [6, 6.07) is 17.6. The fourth-order valence-electron chi connectivity index (χ4n) is 2.70. The molecule has 2 N–H and O–H groups in total. The van der Waals surface area contributed by atoms with Gasteiger partial charge in [0.2, 0.25) is 0 Å². The van der Waals surface area contributed by atoms with E-state index >= 15 is 0 Å². The third kappa shape index (κ3) is 3.16. The Morgan fingerprint density at radius 1 is 1.09 bits per heavy atom. The Labute approximate surface area is 135 Å². The SMILES string of the molecule is CC(C)c1c(C(=O)NN=Cc2ccccc2)[nH]c2ccccc12. The zero-order chi connectivity index (χ0) is 16.2. The summed E-state index contributed by atoms with van der Waals surface area (Å²) in [5, 5.41) is 5.13. The first-order valence-corrected chi connectivity index (χ1v) is 7.66. The molecule has 0 fully saturated rings. The van der Waals surface area contributed by atoms with Crippen LogP contribution in [-0.2, 0) is 0 Å². The number of hydrogen-bond donors (Lipinski definition) is 2. The van der Waals surface area contributed by atoms with E-state index in [0.29, 0.717) is 5.69 Å². The van der Waals surface area contributed by atoms with Crippen LogP contribution in [0.4, 0.5) is 0 Å². The number of aromatic amines is 1. The third-order valence-electron chi connectivity index (χ3n) is 3.73. The van der Waals surface area contributed by atoms with Crippen molar-refractivity contribution in [1.29, 1.82) is 0 Å². The van der Waals surface area contributed by atoms with Crippen molar-refractivity contribution in [3.63, 3.8) is 0 Å². The van der Waals surface area contributed by atoms with E-state index in [2.05, 4.69) is 29.4 Å².